The Balaban J connectivity index is 2.05. The average Bonchev–Trinajstić information content (AvgIpc) is 2.85. The number of esters is 1. The standard InChI is InChI=1S/C26H24N2O7/c1-3-19-22(25(33)35-4-2)23(18-8-6-5-7-9-18)27-26(34)28(19)15-16-10-12-17(13-11-16)20(29)14-21(30)24(31)32/h5-14,29H,3-4,15H2,1-2H3,(H,31,32)/b20-14-. The average molecular weight is 476 g/mol. The number of ketones is 1. The summed E-state index contributed by atoms with van der Waals surface area (Å²) < 4.78 is 6.67. The number of aliphatic carboxylic acids is 1. The van der Waals surface area contributed by atoms with E-state index < -0.39 is 29.2 Å². The van der Waals surface area contributed by atoms with E-state index in [0.29, 0.717) is 29.3 Å². The minimum atomic E-state index is -1.68. The second-order valence-corrected chi connectivity index (χ2v) is 7.49. The molecule has 0 saturated carbocycles. The highest BCUT2D eigenvalue weighted by Crippen LogP contribution is 2.25. The van der Waals surface area contributed by atoms with Gasteiger partial charge in [0.15, 0.2) is 0 Å². The third-order valence-corrected chi connectivity index (χ3v) is 5.22. The number of aliphatic hydroxyl groups excluding tert-OH is 1. The van der Waals surface area contributed by atoms with E-state index in [1.807, 2.05) is 13.0 Å². The molecule has 0 aliphatic heterocycles. The van der Waals surface area contributed by atoms with Crippen molar-refractivity contribution in [1.82, 2.24) is 9.55 Å². The molecule has 0 amide bonds. The van der Waals surface area contributed by atoms with Gasteiger partial charge in [0.25, 0.3) is 5.78 Å². The molecular weight excluding hydrogens is 452 g/mol. The predicted octanol–water partition coefficient (Wildman–Crippen LogP) is 3.25. The number of carboxylic acids is 1. The predicted molar refractivity (Wildman–Crippen MR) is 128 cm³/mol. The van der Waals surface area contributed by atoms with Crippen LogP contribution in [0.1, 0.15) is 41.0 Å². The van der Waals surface area contributed by atoms with E-state index in [-0.39, 0.29) is 30.0 Å². The monoisotopic (exact) mass is 476 g/mol. The number of rotatable bonds is 9. The van der Waals surface area contributed by atoms with E-state index in [1.165, 1.54) is 16.7 Å². The van der Waals surface area contributed by atoms with Gasteiger partial charge >= 0.3 is 17.6 Å². The van der Waals surface area contributed by atoms with Crippen LogP contribution in [0, 0.1) is 0 Å². The number of nitrogens with zero attached hydrogens (tertiary/aromatic N) is 2. The molecule has 1 heterocycles. The van der Waals surface area contributed by atoms with E-state index in [4.69, 9.17) is 9.84 Å². The molecule has 9 heteroatoms. The summed E-state index contributed by atoms with van der Waals surface area (Å²) in [6.45, 7) is 3.78. The molecule has 0 bridgehead atoms. The highest BCUT2D eigenvalue weighted by atomic mass is 16.5. The molecule has 1 aromatic heterocycles. The first-order valence-corrected chi connectivity index (χ1v) is 10.9. The number of carboxylic acid groups (broad SMARTS) is 1. The summed E-state index contributed by atoms with van der Waals surface area (Å²) in [6, 6.07) is 15.2. The summed E-state index contributed by atoms with van der Waals surface area (Å²) >= 11 is 0. The molecule has 0 aliphatic rings. The van der Waals surface area contributed by atoms with Gasteiger partial charge in [-0.3, -0.25) is 9.36 Å². The quantitative estimate of drug-likeness (QED) is 0.208. The summed E-state index contributed by atoms with van der Waals surface area (Å²) in [5, 5.41) is 18.7. The zero-order valence-corrected chi connectivity index (χ0v) is 19.2. The van der Waals surface area contributed by atoms with E-state index in [2.05, 4.69) is 4.98 Å². The fraction of sp³-hybridized carbons (Fsp3) is 0.192. The lowest BCUT2D eigenvalue weighted by molar-refractivity contribution is -0.146. The molecule has 0 radical (unpaired) electrons. The van der Waals surface area contributed by atoms with Crippen molar-refractivity contribution in [2.45, 2.75) is 26.8 Å². The summed E-state index contributed by atoms with van der Waals surface area (Å²) in [7, 11) is 0. The Morgan fingerprint density at radius 3 is 2.23 bits per heavy atom. The first kappa shape index (κ1) is 25.1. The lowest BCUT2D eigenvalue weighted by Crippen LogP contribution is -2.30. The van der Waals surface area contributed by atoms with Gasteiger partial charge in [-0.15, -0.1) is 0 Å². The molecule has 3 aromatic rings. The molecule has 0 unspecified atom stereocenters. The lowest BCUT2D eigenvalue weighted by Gasteiger charge is -2.18. The largest absolute Gasteiger partial charge is 0.507 e. The van der Waals surface area contributed by atoms with Gasteiger partial charge in [-0.1, -0.05) is 61.5 Å². The van der Waals surface area contributed by atoms with Crippen LogP contribution < -0.4 is 5.69 Å². The number of aliphatic hydroxyl groups is 1. The van der Waals surface area contributed by atoms with E-state index in [0.717, 1.165) is 0 Å². The maximum absolute atomic E-state index is 13.0. The Morgan fingerprint density at radius 2 is 1.66 bits per heavy atom. The Kier molecular flexibility index (Phi) is 7.93. The van der Waals surface area contributed by atoms with Gasteiger partial charge in [0, 0.05) is 22.9 Å². The number of ether oxygens (including phenoxy) is 1. The van der Waals surface area contributed by atoms with Crippen LogP contribution >= 0.6 is 0 Å². The third kappa shape index (κ3) is 5.70. The van der Waals surface area contributed by atoms with Gasteiger partial charge in [-0.25, -0.2) is 14.4 Å². The van der Waals surface area contributed by atoms with Crippen LogP contribution in [-0.4, -0.2) is 44.1 Å². The third-order valence-electron chi connectivity index (χ3n) is 5.22. The maximum Gasteiger partial charge on any atom is 0.376 e. The Morgan fingerprint density at radius 1 is 1.00 bits per heavy atom. The Bertz CT molecular complexity index is 1340. The number of benzene rings is 2. The minimum absolute atomic E-state index is 0.0926. The Labute approximate surface area is 201 Å². The normalized spacial score (nSPS) is 11.2. The lowest BCUT2D eigenvalue weighted by atomic mass is 10.0. The van der Waals surface area contributed by atoms with Gasteiger partial charge in [0.1, 0.15) is 11.3 Å². The van der Waals surface area contributed by atoms with Crippen LogP contribution in [-0.2, 0) is 27.3 Å². The smallest absolute Gasteiger partial charge is 0.376 e. The van der Waals surface area contributed by atoms with Gasteiger partial charge in [0.05, 0.1) is 18.8 Å². The molecule has 2 N–H and O–H groups in total. The van der Waals surface area contributed by atoms with Crippen LogP contribution in [0.4, 0.5) is 0 Å². The summed E-state index contributed by atoms with van der Waals surface area (Å²) in [6.07, 6.45) is 0.986. The number of carbonyl (C=O) groups is 3. The van der Waals surface area contributed by atoms with E-state index >= 15 is 0 Å². The molecule has 0 atom stereocenters. The van der Waals surface area contributed by atoms with E-state index in [1.54, 1.807) is 43.3 Å². The molecule has 0 fully saturated rings. The molecule has 0 aliphatic carbocycles. The number of hydrogen-bond acceptors (Lipinski definition) is 7. The molecular formula is C26H24N2O7. The summed E-state index contributed by atoms with van der Waals surface area (Å²) in [4.78, 5) is 52.1. The van der Waals surface area contributed by atoms with Gasteiger partial charge in [-0.2, -0.15) is 4.98 Å². The highest BCUT2D eigenvalue weighted by molar-refractivity contribution is 6.38. The van der Waals surface area contributed by atoms with Crippen LogP contribution in [0.2, 0.25) is 0 Å². The first-order chi connectivity index (χ1) is 16.8. The van der Waals surface area contributed by atoms with Gasteiger partial charge in [0.2, 0.25) is 0 Å². The highest BCUT2D eigenvalue weighted by Gasteiger charge is 2.24. The van der Waals surface area contributed by atoms with Crippen molar-refractivity contribution in [1.29, 1.82) is 0 Å². The number of carbonyl (C=O) groups excluding carboxylic acids is 2. The second kappa shape index (κ2) is 11.1. The molecule has 3 rings (SSSR count). The number of aromatic nitrogens is 2. The van der Waals surface area contributed by atoms with Crippen molar-refractivity contribution < 1.29 is 29.3 Å². The van der Waals surface area contributed by atoms with Crippen molar-refractivity contribution >= 4 is 23.5 Å². The van der Waals surface area contributed by atoms with Crippen molar-refractivity contribution in [2.24, 2.45) is 0 Å². The van der Waals surface area contributed by atoms with Crippen molar-refractivity contribution in [3.63, 3.8) is 0 Å². The number of hydrogen-bond donors (Lipinski definition) is 2. The van der Waals surface area contributed by atoms with Crippen molar-refractivity contribution in [3.05, 3.63) is 93.5 Å². The fourth-order valence-electron chi connectivity index (χ4n) is 3.59. The van der Waals surface area contributed by atoms with Crippen LogP contribution in [0.3, 0.4) is 0 Å². The zero-order valence-electron chi connectivity index (χ0n) is 19.2. The van der Waals surface area contributed by atoms with Crippen molar-refractivity contribution in [3.8, 4) is 11.3 Å². The van der Waals surface area contributed by atoms with Crippen molar-refractivity contribution in [2.75, 3.05) is 6.61 Å². The topological polar surface area (TPSA) is 136 Å². The van der Waals surface area contributed by atoms with Gasteiger partial charge in [-0.05, 0) is 18.9 Å². The second-order valence-electron chi connectivity index (χ2n) is 7.49. The van der Waals surface area contributed by atoms with Crippen LogP contribution in [0.25, 0.3) is 17.0 Å². The minimum Gasteiger partial charge on any atom is -0.507 e. The van der Waals surface area contributed by atoms with Gasteiger partial charge < -0.3 is 14.9 Å². The zero-order chi connectivity index (χ0) is 25.5. The SMILES string of the molecule is CCOC(=O)c1c(-c2ccccc2)nc(=O)n(Cc2ccc(/C(O)=C/C(=O)C(=O)O)cc2)c1CC. The molecule has 35 heavy (non-hydrogen) atoms. The summed E-state index contributed by atoms with van der Waals surface area (Å²) in [5.74, 6) is -3.99. The first-order valence-electron chi connectivity index (χ1n) is 10.9. The summed E-state index contributed by atoms with van der Waals surface area (Å²) in [5.41, 5.74) is 1.94. The van der Waals surface area contributed by atoms with Crippen LogP contribution in [0.5, 0.6) is 0 Å². The molecule has 0 spiro atoms. The Hall–Kier alpha value is -4.53. The maximum atomic E-state index is 13.0. The fourth-order valence-corrected chi connectivity index (χ4v) is 3.59. The van der Waals surface area contributed by atoms with E-state index in [9.17, 15) is 24.3 Å². The molecule has 9 nitrogen and oxygen atoms in total. The molecule has 180 valence electrons. The molecule has 2 aromatic carbocycles. The van der Waals surface area contributed by atoms with Crippen LogP contribution in [0.15, 0.2) is 65.5 Å². The molecule has 0 saturated heterocycles.